The minimum absolute atomic E-state index is 0.00234. The van der Waals surface area contributed by atoms with Gasteiger partial charge in [-0.15, -0.1) is 0 Å². The lowest BCUT2D eigenvalue weighted by Crippen LogP contribution is -2.22. The standard InChI is InChI=1S/C59H51N/c1-7-59(8-2)52-25-15-11-21-47(52)56-46(22-17-26-53(56)59)45-20-12-16-27-55(45)60(41-33-34-44-42-18-9-13-23-49(42)58(5,6)54(44)37-41)40-31-28-38(29-32-40)39-30-35-51-48(36-39)43-19-10-14-24-50(43)57(51,3)4/h9-37H,7-8H2,1-6H3. The highest BCUT2D eigenvalue weighted by Crippen LogP contribution is 2.57. The first-order chi connectivity index (χ1) is 29.2. The van der Waals surface area contributed by atoms with E-state index in [0.29, 0.717) is 0 Å². The zero-order valence-corrected chi connectivity index (χ0v) is 35.6. The summed E-state index contributed by atoms with van der Waals surface area (Å²) in [7, 11) is 0. The van der Waals surface area contributed by atoms with Crippen LogP contribution in [0.3, 0.4) is 0 Å². The predicted molar refractivity (Wildman–Crippen MR) is 254 cm³/mol. The molecule has 8 aromatic rings. The van der Waals surface area contributed by atoms with Crippen molar-refractivity contribution in [2.45, 2.75) is 70.6 Å². The van der Waals surface area contributed by atoms with E-state index in [1.165, 1.54) is 94.7 Å². The Morgan fingerprint density at radius 1 is 0.350 bits per heavy atom. The summed E-state index contributed by atoms with van der Waals surface area (Å²) in [5, 5.41) is 0. The van der Waals surface area contributed by atoms with E-state index in [9.17, 15) is 0 Å². The highest BCUT2D eigenvalue weighted by molar-refractivity contribution is 5.99. The van der Waals surface area contributed by atoms with Crippen LogP contribution in [-0.2, 0) is 16.2 Å². The molecule has 3 aliphatic rings. The van der Waals surface area contributed by atoms with E-state index in [4.69, 9.17) is 0 Å². The summed E-state index contributed by atoms with van der Waals surface area (Å²) in [5.74, 6) is 0. The molecule has 0 N–H and O–H groups in total. The Morgan fingerprint density at radius 3 is 1.55 bits per heavy atom. The molecule has 0 unspecified atom stereocenters. The number of hydrogen-bond donors (Lipinski definition) is 0. The molecule has 11 rings (SSSR count). The van der Waals surface area contributed by atoms with Gasteiger partial charge in [-0.25, -0.2) is 0 Å². The summed E-state index contributed by atoms with van der Waals surface area (Å²) in [5.41, 5.74) is 24.9. The number of fused-ring (bicyclic) bond motifs is 9. The van der Waals surface area contributed by atoms with Crippen LogP contribution in [0, 0.1) is 0 Å². The summed E-state index contributed by atoms with van der Waals surface area (Å²) >= 11 is 0. The van der Waals surface area contributed by atoms with Gasteiger partial charge in [0.1, 0.15) is 0 Å². The molecule has 0 aromatic heterocycles. The molecule has 0 bridgehead atoms. The Balaban J connectivity index is 1.09. The normalized spacial score (nSPS) is 15.4. The SMILES string of the molecule is CCC1(CC)c2ccccc2-c2c(-c3ccccc3N(c3ccc(-c4ccc5c(c4)-c4ccccc4C5(C)C)cc3)c3ccc4c(c3)C(C)(C)c3ccccc3-4)cccc21. The molecule has 0 saturated heterocycles. The Hall–Kier alpha value is -6.44. The Morgan fingerprint density at radius 2 is 0.850 bits per heavy atom. The van der Waals surface area contributed by atoms with Crippen molar-refractivity contribution >= 4 is 17.1 Å². The molecule has 0 spiro atoms. The molecule has 0 amide bonds. The number of nitrogens with zero attached hydrogens (tertiary/aromatic N) is 1. The van der Waals surface area contributed by atoms with Crippen molar-refractivity contribution in [2.24, 2.45) is 0 Å². The molecule has 60 heavy (non-hydrogen) atoms. The average molecular weight is 774 g/mol. The van der Waals surface area contributed by atoms with Crippen LogP contribution >= 0.6 is 0 Å². The van der Waals surface area contributed by atoms with E-state index in [2.05, 4.69) is 222 Å². The second kappa shape index (κ2) is 13.3. The zero-order valence-electron chi connectivity index (χ0n) is 35.6. The van der Waals surface area contributed by atoms with Crippen LogP contribution in [0.15, 0.2) is 176 Å². The van der Waals surface area contributed by atoms with Gasteiger partial charge in [-0.05, 0) is 133 Å². The minimum Gasteiger partial charge on any atom is -0.310 e. The largest absolute Gasteiger partial charge is 0.310 e. The van der Waals surface area contributed by atoms with E-state index in [0.717, 1.165) is 24.2 Å². The third-order valence-corrected chi connectivity index (χ3v) is 14.8. The maximum Gasteiger partial charge on any atom is 0.0540 e. The number of para-hydroxylation sites is 1. The Labute approximate surface area is 356 Å². The van der Waals surface area contributed by atoms with E-state index >= 15 is 0 Å². The van der Waals surface area contributed by atoms with Crippen molar-refractivity contribution in [3.63, 3.8) is 0 Å². The van der Waals surface area contributed by atoms with Crippen molar-refractivity contribution in [1.29, 1.82) is 0 Å². The second-order valence-electron chi connectivity index (χ2n) is 18.3. The average Bonchev–Trinajstić information content (AvgIpc) is 3.81. The van der Waals surface area contributed by atoms with Crippen molar-refractivity contribution in [3.05, 3.63) is 209 Å². The summed E-state index contributed by atoms with van der Waals surface area (Å²) in [6.45, 7) is 14.2. The molecule has 0 fully saturated rings. The number of hydrogen-bond acceptors (Lipinski definition) is 1. The van der Waals surface area contributed by atoms with Crippen LogP contribution in [-0.4, -0.2) is 0 Å². The predicted octanol–water partition coefficient (Wildman–Crippen LogP) is 16.2. The first kappa shape index (κ1) is 36.6. The maximum absolute atomic E-state index is 2.51. The fraction of sp³-hybridized carbons (Fsp3) is 0.186. The maximum atomic E-state index is 2.51. The third-order valence-electron chi connectivity index (χ3n) is 14.8. The summed E-state index contributed by atoms with van der Waals surface area (Å²) in [4.78, 5) is 2.51. The lowest BCUT2D eigenvalue weighted by Gasteiger charge is -2.31. The molecule has 0 heterocycles. The first-order valence-corrected chi connectivity index (χ1v) is 21.9. The fourth-order valence-corrected chi connectivity index (χ4v) is 11.6. The van der Waals surface area contributed by atoms with Gasteiger partial charge < -0.3 is 4.90 Å². The molecule has 1 heteroatoms. The van der Waals surface area contributed by atoms with E-state index in [1.54, 1.807) is 0 Å². The Bertz CT molecular complexity index is 3010. The first-order valence-electron chi connectivity index (χ1n) is 21.9. The van der Waals surface area contributed by atoms with Crippen LogP contribution in [0.5, 0.6) is 0 Å². The monoisotopic (exact) mass is 773 g/mol. The van der Waals surface area contributed by atoms with E-state index in [-0.39, 0.29) is 16.2 Å². The molecule has 292 valence electrons. The fourth-order valence-electron chi connectivity index (χ4n) is 11.6. The topological polar surface area (TPSA) is 3.24 Å². The van der Waals surface area contributed by atoms with Crippen LogP contribution in [0.2, 0.25) is 0 Å². The van der Waals surface area contributed by atoms with Gasteiger partial charge in [0.2, 0.25) is 0 Å². The van der Waals surface area contributed by atoms with E-state index in [1.807, 2.05) is 0 Å². The van der Waals surface area contributed by atoms with Gasteiger partial charge in [0.25, 0.3) is 0 Å². The van der Waals surface area contributed by atoms with Crippen LogP contribution in [0.4, 0.5) is 17.1 Å². The van der Waals surface area contributed by atoms with Gasteiger partial charge >= 0.3 is 0 Å². The second-order valence-corrected chi connectivity index (χ2v) is 18.3. The van der Waals surface area contributed by atoms with Gasteiger partial charge in [0, 0.05) is 33.2 Å². The van der Waals surface area contributed by atoms with Crippen molar-refractivity contribution in [2.75, 3.05) is 4.90 Å². The molecule has 0 radical (unpaired) electrons. The summed E-state index contributed by atoms with van der Waals surface area (Å²) in [6.07, 6.45) is 2.14. The molecule has 0 aliphatic heterocycles. The molecule has 8 aromatic carbocycles. The lowest BCUT2D eigenvalue weighted by molar-refractivity contribution is 0.490. The quantitative estimate of drug-likeness (QED) is 0.156. The number of rotatable bonds is 7. The third kappa shape index (κ3) is 5.05. The molecule has 0 atom stereocenters. The van der Waals surface area contributed by atoms with Gasteiger partial charge in [-0.2, -0.15) is 0 Å². The van der Waals surface area contributed by atoms with Crippen molar-refractivity contribution in [3.8, 4) is 55.6 Å². The summed E-state index contributed by atoms with van der Waals surface area (Å²) < 4.78 is 0. The van der Waals surface area contributed by atoms with Gasteiger partial charge in [0.15, 0.2) is 0 Å². The molecule has 1 nitrogen and oxygen atoms in total. The minimum atomic E-state index is -0.120. The summed E-state index contributed by atoms with van der Waals surface area (Å²) in [6, 6.07) is 66.7. The number of anilines is 3. The number of benzene rings is 8. The lowest BCUT2D eigenvalue weighted by atomic mass is 9.73. The van der Waals surface area contributed by atoms with Gasteiger partial charge in [0.05, 0.1) is 5.69 Å². The van der Waals surface area contributed by atoms with Crippen molar-refractivity contribution in [1.82, 2.24) is 0 Å². The molecular weight excluding hydrogens is 723 g/mol. The molecule has 3 aliphatic carbocycles. The van der Waals surface area contributed by atoms with Crippen LogP contribution in [0.1, 0.15) is 87.8 Å². The van der Waals surface area contributed by atoms with Gasteiger partial charge in [-0.1, -0.05) is 181 Å². The highest BCUT2D eigenvalue weighted by atomic mass is 15.1. The van der Waals surface area contributed by atoms with Crippen molar-refractivity contribution < 1.29 is 0 Å². The smallest absolute Gasteiger partial charge is 0.0540 e. The highest BCUT2D eigenvalue weighted by Gasteiger charge is 2.42. The van der Waals surface area contributed by atoms with Gasteiger partial charge in [-0.3, -0.25) is 0 Å². The van der Waals surface area contributed by atoms with Crippen LogP contribution in [0.25, 0.3) is 55.6 Å². The molecule has 0 saturated carbocycles. The molecular formula is C59H51N. The van der Waals surface area contributed by atoms with Crippen LogP contribution < -0.4 is 4.90 Å². The van der Waals surface area contributed by atoms with E-state index < -0.39 is 0 Å². The zero-order chi connectivity index (χ0) is 41.0. The Kier molecular flexibility index (Phi) is 8.11.